The van der Waals surface area contributed by atoms with E-state index in [1.165, 1.54) is 83.5 Å². The molecule has 2 nitrogen and oxygen atoms in total. The van der Waals surface area contributed by atoms with Gasteiger partial charge in [0.1, 0.15) is 0 Å². The van der Waals surface area contributed by atoms with E-state index in [0.29, 0.717) is 6.61 Å². The highest BCUT2D eigenvalue weighted by Crippen LogP contribution is 2.12. The molecule has 0 spiro atoms. The molecular formula is C19H39ClO2. The zero-order valence-corrected chi connectivity index (χ0v) is 15.6. The molecule has 1 unspecified atom stereocenters. The molecular weight excluding hydrogens is 296 g/mol. The SMILES string of the molecule is CCCCCCCCCCCCCCCCOCC(O)CCl. The van der Waals surface area contributed by atoms with E-state index in [-0.39, 0.29) is 5.88 Å². The smallest absolute Gasteiger partial charge is 0.0908 e. The molecule has 0 bridgehead atoms. The van der Waals surface area contributed by atoms with Gasteiger partial charge < -0.3 is 9.84 Å². The quantitative estimate of drug-likeness (QED) is 0.243. The van der Waals surface area contributed by atoms with Crippen molar-refractivity contribution in [3.8, 4) is 0 Å². The highest BCUT2D eigenvalue weighted by molar-refractivity contribution is 6.18. The molecule has 0 amide bonds. The highest BCUT2D eigenvalue weighted by Gasteiger charge is 2.00. The first-order valence-corrected chi connectivity index (χ1v) is 10.2. The van der Waals surface area contributed by atoms with Crippen molar-refractivity contribution in [3.05, 3.63) is 0 Å². The van der Waals surface area contributed by atoms with E-state index in [0.717, 1.165) is 13.0 Å². The molecule has 0 heterocycles. The summed E-state index contributed by atoms with van der Waals surface area (Å²) >= 11 is 5.49. The maximum atomic E-state index is 9.22. The van der Waals surface area contributed by atoms with Crippen LogP contribution in [0.4, 0.5) is 0 Å². The van der Waals surface area contributed by atoms with E-state index < -0.39 is 6.10 Å². The molecule has 3 heteroatoms. The fourth-order valence-electron chi connectivity index (χ4n) is 2.66. The normalized spacial score (nSPS) is 12.7. The van der Waals surface area contributed by atoms with Crippen LogP contribution in [0.15, 0.2) is 0 Å². The predicted molar refractivity (Wildman–Crippen MR) is 97.9 cm³/mol. The van der Waals surface area contributed by atoms with E-state index in [1.54, 1.807) is 0 Å². The summed E-state index contributed by atoms with van der Waals surface area (Å²) in [6, 6.07) is 0. The fraction of sp³-hybridized carbons (Fsp3) is 1.00. The van der Waals surface area contributed by atoms with Crippen molar-refractivity contribution in [2.75, 3.05) is 19.1 Å². The molecule has 0 saturated heterocycles. The summed E-state index contributed by atoms with van der Waals surface area (Å²) in [4.78, 5) is 0. The number of aliphatic hydroxyl groups excluding tert-OH is 1. The lowest BCUT2D eigenvalue weighted by Crippen LogP contribution is -2.17. The molecule has 0 rings (SSSR count). The standard InChI is InChI=1S/C19H39ClO2/c1-2-3-4-5-6-7-8-9-10-11-12-13-14-15-16-22-18-19(21)17-20/h19,21H,2-18H2,1H3. The molecule has 0 fully saturated rings. The summed E-state index contributed by atoms with van der Waals surface area (Å²) in [5.41, 5.74) is 0. The van der Waals surface area contributed by atoms with Crippen LogP contribution in [0.25, 0.3) is 0 Å². The van der Waals surface area contributed by atoms with E-state index >= 15 is 0 Å². The monoisotopic (exact) mass is 334 g/mol. The second-order valence-electron chi connectivity index (χ2n) is 6.48. The summed E-state index contributed by atoms with van der Waals surface area (Å²) in [5, 5.41) is 9.22. The maximum absolute atomic E-state index is 9.22. The Bertz CT molecular complexity index is 200. The minimum absolute atomic E-state index is 0.263. The Morgan fingerprint density at radius 3 is 1.55 bits per heavy atom. The van der Waals surface area contributed by atoms with Crippen molar-refractivity contribution in [3.63, 3.8) is 0 Å². The molecule has 0 aromatic heterocycles. The number of hydrogen-bond donors (Lipinski definition) is 1. The van der Waals surface area contributed by atoms with Crippen LogP contribution in [0.1, 0.15) is 96.8 Å². The molecule has 1 atom stereocenters. The molecule has 1 N–H and O–H groups in total. The lowest BCUT2D eigenvalue weighted by molar-refractivity contribution is 0.0461. The van der Waals surface area contributed by atoms with Crippen LogP contribution in [0, 0.1) is 0 Å². The van der Waals surface area contributed by atoms with Crippen LogP contribution in [0.5, 0.6) is 0 Å². The van der Waals surface area contributed by atoms with Gasteiger partial charge in [0.25, 0.3) is 0 Å². The molecule has 0 aliphatic carbocycles. The van der Waals surface area contributed by atoms with Gasteiger partial charge in [0, 0.05) is 6.61 Å². The van der Waals surface area contributed by atoms with Gasteiger partial charge in [-0.2, -0.15) is 0 Å². The van der Waals surface area contributed by atoms with Crippen molar-refractivity contribution < 1.29 is 9.84 Å². The van der Waals surface area contributed by atoms with Crippen LogP contribution >= 0.6 is 11.6 Å². The lowest BCUT2D eigenvalue weighted by atomic mass is 10.0. The lowest BCUT2D eigenvalue weighted by Gasteiger charge is -2.07. The molecule has 0 aromatic carbocycles. The van der Waals surface area contributed by atoms with Crippen molar-refractivity contribution in [2.45, 2.75) is 103 Å². The molecule has 0 saturated carbocycles. The van der Waals surface area contributed by atoms with Crippen LogP contribution in [0.2, 0.25) is 0 Å². The topological polar surface area (TPSA) is 29.5 Å². The summed E-state index contributed by atoms with van der Waals surface area (Å²) in [6.07, 6.45) is 18.7. The van der Waals surface area contributed by atoms with Crippen molar-refractivity contribution in [2.24, 2.45) is 0 Å². The predicted octanol–water partition coefficient (Wildman–Crippen LogP) is 6.08. The van der Waals surface area contributed by atoms with Crippen molar-refractivity contribution in [1.82, 2.24) is 0 Å². The van der Waals surface area contributed by atoms with Gasteiger partial charge in [-0.1, -0.05) is 90.4 Å². The molecule has 0 radical (unpaired) electrons. The number of alkyl halides is 1. The minimum atomic E-state index is -0.506. The van der Waals surface area contributed by atoms with Gasteiger partial charge in [0.05, 0.1) is 18.6 Å². The number of unbranched alkanes of at least 4 members (excludes halogenated alkanes) is 13. The summed E-state index contributed by atoms with van der Waals surface area (Å²) in [6.45, 7) is 3.41. The number of halogens is 1. The average molecular weight is 335 g/mol. The number of aliphatic hydroxyl groups is 1. The fourth-order valence-corrected chi connectivity index (χ4v) is 2.75. The van der Waals surface area contributed by atoms with Crippen molar-refractivity contribution in [1.29, 1.82) is 0 Å². The highest BCUT2D eigenvalue weighted by atomic mass is 35.5. The third-order valence-corrected chi connectivity index (χ3v) is 4.49. The molecule has 0 aromatic rings. The number of ether oxygens (including phenoxy) is 1. The summed E-state index contributed by atoms with van der Waals surface area (Å²) < 4.78 is 5.36. The van der Waals surface area contributed by atoms with E-state index in [1.807, 2.05) is 0 Å². The summed E-state index contributed by atoms with van der Waals surface area (Å²) in [7, 11) is 0. The van der Waals surface area contributed by atoms with Gasteiger partial charge in [0.2, 0.25) is 0 Å². The Hall–Kier alpha value is 0.210. The van der Waals surface area contributed by atoms with Crippen LogP contribution in [-0.4, -0.2) is 30.3 Å². The second kappa shape index (κ2) is 19.3. The van der Waals surface area contributed by atoms with Gasteiger partial charge in [-0.15, -0.1) is 11.6 Å². The molecule has 0 aliphatic rings. The Morgan fingerprint density at radius 2 is 1.14 bits per heavy atom. The third-order valence-electron chi connectivity index (χ3n) is 4.13. The zero-order valence-electron chi connectivity index (χ0n) is 14.8. The zero-order chi connectivity index (χ0) is 16.3. The van der Waals surface area contributed by atoms with Crippen LogP contribution in [-0.2, 0) is 4.74 Å². The Labute approximate surface area is 144 Å². The Kier molecular flexibility index (Phi) is 19.4. The number of rotatable bonds is 18. The first kappa shape index (κ1) is 22.2. The Balaban J connectivity index is 2.97. The van der Waals surface area contributed by atoms with Gasteiger partial charge in [0.15, 0.2) is 0 Å². The van der Waals surface area contributed by atoms with Gasteiger partial charge in [-0.05, 0) is 6.42 Å². The second-order valence-corrected chi connectivity index (χ2v) is 6.79. The third kappa shape index (κ3) is 18.3. The van der Waals surface area contributed by atoms with E-state index in [2.05, 4.69) is 6.92 Å². The van der Waals surface area contributed by atoms with Gasteiger partial charge in [-0.25, -0.2) is 0 Å². The maximum Gasteiger partial charge on any atom is 0.0908 e. The van der Waals surface area contributed by atoms with E-state index in [9.17, 15) is 5.11 Å². The van der Waals surface area contributed by atoms with Gasteiger partial charge >= 0.3 is 0 Å². The molecule has 134 valence electrons. The molecule has 22 heavy (non-hydrogen) atoms. The van der Waals surface area contributed by atoms with Crippen molar-refractivity contribution >= 4 is 11.6 Å². The van der Waals surface area contributed by atoms with Crippen LogP contribution in [0.3, 0.4) is 0 Å². The molecule has 0 aliphatic heterocycles. The first-order chi connectivity index (χ1) is 10.8. The minimum Gasteiger partial charge on any atom is -0.389 e. The average Bonchev–Trinajstić information content (AvgIpc) is 2.54. The largest absolute Gasteiger partial charge is 0.389 e. The van der Waals surface area contributed by atoms with E-state index in [4.69, 9.17) is 16.3 Å². The Morgan fingerprint density at radius 1 is 0.727 bits per heavy atom. The first-order valence-electron chi connectivity index (χ1n) is 9.63. The van der Waals surface area contributed by atoms with Crippen LogP contribution < -0.4 is 0 Å². The van der Waals surface area contributed by atoms with Gasteiger partial charge in [-0.3, -0.25) is 0 Å². The number of hydrogen-bond acceptors (Lipinski definition) is 2. The summed E-state index contributed by atoms with van der Waals surface area (Å²) in [5.74, 6) is 0.263.